The van der Waals surface area contributed by atoms with Crippen LogP contribution in [0.3, 0.4) is 0 Å². The summed E-state index contributed by atoms with van der Waals surface area (Å²) in [6, 6.07) is 13.1. The zero-order valence-corrected chi connectivity index (χ0v) is 16.6. The summed E-state index contributed by atoms with van der Waals surface area (Å²) in [4.78, 5) is 8.68. The summed E-state index contributed by atoms with van der Waals surface area (Å²) < 4.78 is 41.8. The molecule has 1 aliphatic rings. The van der Waals surface area contributed by atoms with Gasteiger partial charge in [-0.25, -0.2) is 4.18 Å². The summed E-state index contributed by atoms with van der Waals surface area (Å²) in [5, 5.41) is 0. The number of rotatable bonds is 8. The minimum Gasteiger partial charge on any atom is -0.495 e. The molecule has 2 heterocycles. The zero-order valence-electron chi connectivity index (χ0n) is 15.8. The van der Waals surface area contributed by atoms with Crippen molar-refractivity contribution in [2.45, 2.75) is 12.5 Å². The first-order chi connectivity index (χ1) is 13.5. The topological polar surface area (TPSA) is 92.2 Å². The van der Waals surface area contributed by atoms with Crippen molar-refractivity contribution in [2.75, 3.05) is 44.7 Å². The molecule has 1 aromatic carbocycles. The molecular formula is C19H25N3O5S. The van der Waals surface area contributed by atoms with Crippen LogP contribution in [-0.2, 0) is 14.6 Å². The molecule has 1 aromatic heterocycles. The number of pyridine rings is 1. The number of aromatic nitrogens is 1. The van der Waals surface area contributed by atoms with Crippen LogP contribution >= 0.6 is 0 Å². The average molecular weight is 407 g/mol. The van der Waals surface area contributed by atoms with E-state index in [0.717, 1.165) is 37.6 Å². The predicted octanol–water partition coefficient (Wildman–Crippen LogP) is 2.16. The van der Waals surface area contributed by atoms with E-state index in [1.54, 1.807) is 31.5 Å². The molecule has 0 saturated carbocycles. The van der Waals surface area contributed by atoms with Crippen LogP contribution in [0.5, 0.6) is 5.75 Å². The second-order valence-electron chi connectivity index (χ2n) is 6.56. The van der Waals surface area contributed by atoms with Gasteiger partial charge in [0.05, 0.1) is 18.5 Å². The second kappa shape index (κ2) is 9.33. The molecule has 8 nitrogen and oxygen atoms in total. The van der Waals surface area contributed by atoms with E-state index in [-0.39, 0.29) is 0 Å². The number of piperazine rings is 1. The van der Waals surface area contributed by atoms with Gasteiger partial charge in [-0.1, -0.05) is 18.2 Å². The molecule has 1 saturated heterocycles. The van der Waals surface area contributed by atoms with Gasteiger partial charge in [-0.05, 0) is 30.7 Å². The van der Waals surface area contributed by atoms with E-state index in [0.29, 0.717) is 18.7 Å². The Kier molecular flexibility index (Phi) is 6.84. The fourth-order valence-electron chi connectivity index (χ4n) is 3.36. The van der Waals surface area contributed by atoms with Crippen molar-refractivity contribution in [3.8, 4) is 5.75 Å². The third-order valence-electron chi connectivity index (χ3n) is 4.76. The number of nitrogens with zero attached hydrogens (tertiary/aromatic N) is 3. The Labute approximate surface area is 165 Å². The third kappa shape index (κ3) is 5.65. The number of para-hydroxylation sites is 2. The Morgan fingerprint density at radius 1 is 1.11 bits per heavy atom. The van der Waals surface area contributed by atoms with Crippen molar-refractivity contribution >= 4 is 16.1 Å². The van der Waals surface area contributed by atoms with Gasteiger partial charge in [-0.3, -0.25) is 14.4 Å². The lowest BCUT2D eigenvalue weighted by atomic mass is 10.1. The van der Waals surface area contributed by atoms with Gasteiger partial charge < -0.3 is 9.64 Å². The number of hydrogen-bond donors (Lipinski definition) is 1. The molecule has 0 spiro atoms. The molecule has 1 aliphatic heterocycles. The Morgan fingerprint density at radius 3 is 2.46 bits per heavy atom. The molecule has 0 aliphatic carbocycles. The second-order valence-corrected chi connectivity index (χ2v) is 7.60. The van der Waals surface area contributed by atoms with Gasteiger partial charge in [0.15, 0.2) is 0 Å². The van der Waals surface area contributed by atoms with Crippen LogP contribution in [0.1, 0.15) is 18.2 Å². The maximum Gasteiger partial charge on any atom is 0.398 e. The number of methoxy groups -OCH3 is 1. The average Bonchev–Trinajstić information content (AvgIpc) is 2.71. The van der Waals surface area contributed by atoms with Crippen molar-refractivity contribution in [1.29, 1.82) is 0 Å². The highest BCUT2D eigenvalue weighted by atomic mass is 32.3. The summed E-state index contributed by atoms with van der Waals surface area (Å²) in [5.74, 6) is 0.854. The van der Waals surface area contributed by atoms with E-state index in [1.807, 2.05) is 24.3 Å². The molecule has 0 amide bonds. The van der Waals surface area contributed by atoms with Crippen LogP contribution in [-0.4, -0.2) is 62.7 Å². The lowest BCUT2D eigenvalue weighted by Gasteiger charge is -2.37. The number of hydrogen-bond acceptors (Lipinski definition) is 7. The normalized spacial score (nSPS) is 16.7. The fraction of sp³-hybridized carbons (Fsp3) is 0.421. The molecule has 1 fully saturated rings. The van der Waals surface area contributed by atoms with Gasteiger partial charge in [0.25, 0.3) is 0 Å². The lowest BCUT2D eigenvalue weighted by Crippen LogP contribution is -2.47. The van der Waals surface area contributed by atoms with Gasteiger partial charge >= 0.3 is 10.4 Å². The SMILES string of the molecule is COc1ccccc1N1CCN(CCC(OS(=O)(=O)O)c2ccccn2)CC1. The van der Waals surface area contributed by atoms with Gasteiger partial charge in [-0.15, -0.1) is 0 Å². The van der Waals surface area contributed by atoms with Crippen LogP contribution in [0, 0.1) is 0 Å². The van der Waals surface area contributed by atoms with Crippen LogP contribution in [0.25, 0.3) is 0 Å². The highest BCUT2D eigenvalue weighted by Crippen LogP contribution is 2.28. The number of benzene rings is 1. The van der Waals surface area contributed by atoms with Crippen molar-refractivity contribution in [2.24, 2.45) is 0 Å². The molecule has 3 rings (SSSR count). The molecule has 0 bridgehead atoms. The lowest BCUT2D eigenvalue weighted by molar-refractivity contribution is 0.145. The van der Waals surface area contributed by atoms with Gasteiger partial charge in [0.1, 0.15) is 11.9 Å². The third-order valence-corrected chi connectivity index (χ3v) is 5.24. The highest BCUT2D eigenvalue weighted by molar-refractivity contribution is 7.80. The molecule has 28 heavy (non-hydrogen) atoms. The van der Waals surface area contributed by atoms with Gasteiger partial charge in [-0.2, -0.15) is 8.42 Å². The van der Waals surface area contributed by atoms with E-state index in [4.69, 9.17) is 13.5 Å². The molecule has 2 aromatic rings. The van der Waals surface area contributed by atoms with E-state index in [2.05, 4.69) is 14.8 Å². The quantitative estimate of drug-likeness (QED) is 0.666. The molecule has 1 N–H and O–H groups in total. The van der Waals surface area contributed by atoms with Crippen LogP contribution < -0.4 is 9.64 Å². The van der Waals surface area contributed by atoms with Crippen LogP contribution in [0.15, 0.2) is 48.7 Å². The first-order valence-corrected chi connectivity index (χ1v) is 10.5. The van der Waals surface area contributed by atoms with Gasteiger partial charge in [0.2, 0.25) is 0 Å². The maximum absolute atomic E-state index is 11.2. The maximum atomic E-state index is 11.2. The zero-order chi connectivity index (χ0) is 20.0. The Bertz CT molecular complexity index is 855. The monoisotopic (exact) mass is 407 g/mol. The molecule has 9 heteroatoms. The predicted molar refractivity (Wildman–Crippen MR) is 106 cm³/mol. The van der Waals surface area contributed by atoms with Crippen LogP contribution in [0.4, 0.5) is 5.69 Å². The first-order valence-electron chi connectivity index (χ1n) is 9.13. The van der Waals surface area contributed by atoms with Crippen molar-refractivity contribution in [3.05, 3.63) is 54.4 Å². The van der Waals surface area contributed by atoms with Crippen molar-refractivity contribution in [1.82, 2.24) is 9.88 Å². The first kappa shape index (κ1) is 20.5. The molecule has 0 radical (unpaired) electrons. The summed E-state index contributed by atoms with van der Waals surface area (Å²) in [6.07, 6.45) is 1.16. The Hall–Kier alpha value is -2.20. The Morgan fingerprint density at radius 2 is 1.82 bits per heavy atom. The standard InChI is InChI=1S/C19H25N3O5S/c1-26-19-8-3-2-7-17(19)22-14-12-21(13-15-22)11-9-18(27-28(23,24)25)16-6-4-5-10-20-16/h2-8,10,18H,9,11-15H2,1H3,(H,23,24,25). The fourth-order valence-corrected chi connectivity index (χ4v) is 3.85. The number of ether oxygens (including phenoxy) is 1. The van der Waals surface area contributed by atoms with E-state index >= 15 is 0 Å². The summed E-state index contributed by atoms with van der Waals surface area (Å²) in [6.45, 7) is 3.98. The Balaban J connectivity index is 1.57. The van der Waals surface area contributed by atoms with E-state index < -0.39 is 16.5 Å². The van der Waals surface area contributed by atoms with Gasteiger partial charge in [0, 0.05) is 38.9 Å². The van der Waals surface area contributed by atoms with Crippen LogP contribution in [0.2, 0.25) is 0 Å². The summed E-state index contributed by atoms with van der Waals surface area (Å²) >= 11 is 0. The van der Waals surface area contributed by atoms with E-state index in [1.165, 1.54) is 0 Å². The highest BCUT2D eigenvalue weighted by Gasteiger charge is 2.24. The molecule has 152 valence electrons. The van der Waals surface area contributed by atoms with Crippen molar-refractivity contribution < 1.29 is 21.9 Å². The summed E-state index contributed by atoms with van der Waals surface area (Å²) in [7, 11) is -2.89. The minimum atomic E-state index is -4.56. The largest absolute Gasteiger partial charge is 0.495 e. The molecule has 1 unspecified atom stereocenters. The minimum absolute atomic E-state index is 0.408. The smallest absolute Gasteiger partial charge is 0.398 e. The van der Waals surface area contributed by atoms with Crippen molar-refractivity contribution in [3.63, 3.8) is 0 Å². The number of anilines is 1. The molecular weight excluding hydrogens is 382 g/mol. The summed E-state index contributed by atoms with van der Waals surface area (Å²) in [5.41, 5.74) is 1.55. The van der Waals surface area contributed by atoms with E-state index in [9.17, 15) is 8.42 Å². The molecule has 1 atom stereocenters.